The van der Waals surface area contributed by atoms with Crippen LogP contribution < -0.4 is 9.64 Å². The van der Waals surface area contributed by atoms with Crippen molar-refractivity contribution >= 4 is 22.4 Å². The summed E-state index contributed by atoms with van der Waals surface area (Å²) in [6.07, 6.45) is 4.22. The SMILES string of the molecule is CN1C(=O)CCc2cc(OC3CC3)ccc21.c1ccc2ccccc2c1. The molecule has 2 aliphatic rings. The van der Waals surface area contributed by atoms with Gasteiger partial charge in [-0.1, -0.05) is 48.5 Å². The number of anilines is 1. The second-order valence-corrected chi connectivity index (χ2v) is 6.91. The van der Waals surface area contributed by atoms with E-state index in [4.69, 9.17) is 4.74 Å². The lowest BCUT2D eigenvalue weighted by Crippen LogP contribution is -2.30. The summed E-state index contributed by atoms with van der Waals surface area (Å²) < 4.78 is 5.75. The van der Waals surface area contributed by atoms with Crippen LogP contribution in [0.15, 0.2) is 66.7 Å². The minimum Gasteiger partial charge on any atom is -0.490 e. The predicted octanol–water partition coefficient (Wildman–Crippen LogP) is 4.98. The molecule has 0 N–H and O–H groups in total. The molecule has 3 aromatic rings. The first kappa shape index (κ1) is 16.6. The minimum atomic E-state index is 0.198. The number of amides is 1. The van der Waals surface area contributed by atoms with Crippen LogP contribution in [0.2, 0.25) is 0 Å². The van der Waals surface area contributed by atoms with Gasteiger partial charge in [0.25, 0.3) is 0 Å². The second kappa shape index (κ2) is 7.20. The molecule has 5 rings (SSSR count). The largest absolute Gasteiger partial charge is 0.490 e. The van der Waals surface area contributed by atoms with Crippen molar-refractivity contribution in [1.29, 1.82) is 0 Å². The first-order valence-corrected chi connectivity index (χ1v) is 9.20. The van der Waals surface area contributed by atoms with Crippen LogP contribution in [0.5, 0.6) is 5.75 Å². The molecule has 1 aliphatic heterocycles. The zero-order chi connectivity index (χ0) is 17.9. The Labute approximate surface area is 154 Å². The Balaban J connectivity index is 0.000000144. The zero-order valence-electron chi connectivity index (χ0n) is 15.0. The van der Waals surface area contributed by atoms with E-state index in [1.807, 2.05) is 19.2 Å². The van der Waals surface area contributed by atoms with E-state index in [2.05, 4.69) is 54.6 Å². The first-order valence-electron chi connectivity index (χ1n) is 9.20. The van der Waals surface area contributed by atoms with Crippen LogP contribution in [-0.4, -0.2) is 19.1 Å². The van der Waals surface area contributed by atoms with Gasteiger partial charge in [0, 0.05) is 19.2 Å². The second-order valence-electron chi connectivity index (χ2n) is 6.91. The van der Waals surface area contributed by atoms with Gasteiger partial charge in [0.2, 0.25) is 5.91 Å². The maximum absolute atomic E-state index is 11.5. The van der Waals surface area contributed by atoms with E-state index in [1.54, 1.807) is 4.90 Å². The van der Waals surface area contributed by atoms with Crippen LogP contribution in [-0.2, 0) is 11.2 Å². The van der Waals surface area contributed by atoms with Crippen molar-refractivity contribution in [1.82, 2.24) is 0 Å². The zero-order valence-corrected chi connectivity index (χ0v) is 15.0. The molecule has 3 aromatic carbocycles. The van der Waals surface area contributed by atoms with Gasteiger partial charge in [-0.25, -0.2) is 0 Å². The summed E-state index contributed by atoms with van der Waals surface area (Å²) in [4.78, 5) is 13.3. The van der Waals surface area contributed by atoms with Crippen LogP contribution in [0, 0.1) is 0 Å². The van der Waals surface area contributed by atoms with E-state index < -0.39 is 0 Å². The number of ether oxygens (including phenoxy) is 1. The molecule has 0 atom stereocenters. The van der Waals surface area contributed by atoms with E-state index >= 15 is 0 Å². The van der Waals surface area contributed by atoms with E-state index in [0.717, 1.165) is 17.9 Å². The molecule has 3 nitrogen and oxygen atoms in total. The minimum absolute atomic E-state index is 0.198. The highest BCUT2D eigenvalue weighted by Crippen LogP contribution is 2.33. The van der Waals surface area contributed by atoms with Crippen molar-refractivity contribution in [3.05, 3.63) is 72.3 Å². The summed E-state index contributed by atoms with van der Waals surface area (Å²) in [7, 11) is 1.84. The van der Waals surface area contributed by atoms with Gasteiger partial charge in [-0.15, -0.1) is 0 Å². The third-order valence-corrected chi connectivity index (χ3v) is 4.88. The number of hydrogen-bond donors (Lipinski definition) is 0. The predicted molar refractivity (Wildman–Crippen MR) is 106 cm³/mol. The molecule has 3 heteroatoms. The van der Waals surface area contributed by atoms with Crippen LogP contribution >= 0.6 is 0 Å². The molecule has 0 unspecified atom stereocenters. The molecule has 0 spiro atoms. The number of fused-ring (bicyclic) bond motifs is 2. The average Bonchev–Trinajstić information content (AvgIpc) is 3.49. The number of hydrogen-bond acceptors (Lipinski definition) is 2. The van der Waals surface area contributed by atoms with Crippen molar-refractivity contribution in [3.63, 3.8) is 0 Å². The summed E-state index contributed by atoms with van der Waals surface area (Å²) in [5.74, 6) is 1.15. The van der Waals surface area contributed by atoms with Gasteiger partial charge in [0.1, 0.15) is 5.75 Å². The summed E-state index contributed by atoms with van der Waals surface area (Å²) in [6.45, 7) is 0. The standard InChI is InChI=1S/C13H15NO2.C10H8/c1-14-12-6-5-11(16-10-3-4-10)8-9(12)2-7-13(14)15;1-2-6-10-8-4-3-7-9(10)5-1/h5-6,8,10H,2-4,7H2,1H3;1-8H. The highest BCUT2D eigenvalue weighted by molar-refractivity contribution is 5.96. The lowest BCUT2D eigenvalue weighted by Gasteiger charge is -2.26. The maximum Gasteiger partial charge on any atom is 0.227 e. The fourth-order valence-electron chi connectivity index (χ4n) is 3.22. The fourth-order valence-corrected chi connectivity index (χ4v) is 3.22. The Kier molecular flexibility index (Phi) is 4.61. The lowest BCUT2D eigenvalue weighted by atomic mass is 10.0. The highest BCUT2D eigenvalue weighted by atomic mass is 16.5. The average molecular weight is 345 g/mol. The Morgan fingerprint density at radius 2 is 1.50 bits per heavy atom. The molecule has 132 valence electrons. The number of rotatable bonds is 2. The van der Waals surface area contributed by atoms with E-state index in [9.17, 15) is 4.79 Å². The summed E-state index contributed by atoms with van der Waals surface area (Å²) in [6, 6.07) is 22.7. The Hall–Kier alpha value is -2.81. The van der Waals surface area contributed by atoms with Gasteiger partial charge >= 0.3 is 0 Å². The molecule has 1 fully saturated rings. The first-order chi connectivity index (χ1) is 12.7. The van der Waals surface area contributed by atoms with Crippen LogP contribution in [0.3, 0.4) is 0 Å². The molecule has 1 amide bonds. The van der Waals surface area contributed by atoms with Crippen LogP contribution in [0.4, 0.5) is 5.69 Å². The number of carbonyl (C=O) groups excluding carboxylic acids is 1. The monoisotopic (exact) mass is 345 g/mol. The number of carbonyl (C=O) groups is 1. The number of aryl methyl sites for hydroxylation is 1. The highest BCUT2D eigenvalue weighted by Gasteiger charge is 2.25. The van der Waals surface area contributed by atoms with Gasteiger partial charge in [-0.3, -0.25) is 4.79 Å². The van der Waals surface area contributed by atoms with E-state index in [0.29, 0.717) is 12.5 Å². The lowest BCUT2D eigenvalue weighted by molar-refractivity contribution is -0.118. The molecule has 0 aromatic heterocycles. The van der Waals surface area contributed by atoms with Crippen molar-refractivity contribution in [3.8, 4) is 5.75 Å². The van der Waals surface area contributed by atoms with Crippen molar-refractivity contribution in [2.45, 2.75) is 31.8 Å². The topological polar surface area (TPSA) is 29.5 Å². The van der Waals surface area contributed by atoms with Crippen LogP contribution in [0.1, 0.15) is 24.8 Å². The van der Waals surface area contributed by atoms with Gasteiger partial charge in [-0.05, 0) is 53.8 Å². The summed E-state index contributed by atoms with van der Waals surface area (Å²) in [5, 5.41) is 2.62. The molecule has 1 heterocycles. The van der Waals surface area contributed by atoms with Crippen molar-refractivity contribution in [2.24, 2.45) is 0 Å². The van der Waals surface area contributed by atoms with E-state index in [1.165, 1.54) is 29.2 Å². The molecule has 0 bridgehead atoms. The Bertz CT molecular complexity index is 865. The molecule has 1 aliphatic carbocycles. The summed E-state index contributed by atoms with van der Waals surface area (Å²) in [5.41, 5.74) is 2.25. The molecule has 0 saturated heterocycles. The summed E-state index contributed by atoms with van der Waals surface area (Å²) >= 11 is 0. The van der Waals surface area contributed by atoms with Gasteiger partial charge in [0.05, 0.1) is 6.10 Å². The smallest absolute Gasteiger partial charge is 0.227 e. The number of nitrogens with zero attached hydrogens (tertiary/aromatic N) is 1. The Morgan fingerprint density at radius 1 is 0.885 bits per heavy atom. The maximum atomic E-state index is 11.5. The molecule has 0 radical (unpaired) electrons. The molecular weight excluding hydrogens is 322 g/mol. The van der Waals surface area contributed by atoms with Gasteiger partial charge in [-0.2, -0.15) is 0 Å². The third kappa shape index (κ3) is 3.72. The third-order valence-electron chi connectivity index (χ3n) is 4.88. The quantitative estimate of drug-likeness (QED) is 0.656. The van der Waals surface area contributed by atoms with E-state index in [-0.39, 0.29) is 5.91 Å². The molecule has 1 saturated carbocycles. The Morgan fingerprint density at radius 3 is 2.08 bits per heavy atom. The van der Waals surface area contributed by atoms with Gasteiger partial charge < -0.3 is 9.64 Å². The normalized spacial score (nSPS) is 15.9. The van der Waals surface area contributed by atoms with Crippen LogP contribution in [0.25, 0.3) is 10.8 Å². The van der Waals surface area contributed by atoms with Gasteiger partial charge in [0.15, 0.2) is 0 Å². The molecule has 26 heavy (non-hydrogen) atoms. The fraction of sp³-hybridized carbons (Fsp3) is 0.261. The number of benzene rings is 3. The van der Waals surface area contributed by atoms with Crippen molar-refractivity contribution < 1.29 is 9.53 Å². The van der Waals surface area contributed by atoms with Crippen molar-refractivity contribution in [2.75, 3.05) is 11.9 Å². The molecular formula is C23H23NO2.